The summed E-state index contributed by atoms with van der Waals surface area (Å²) >= 11 is 0. The van der Waals surface area contributed by atoms with Crippen molar-refractivity contribution in [3.05, 3.63) is 11.6 Å². The number of amides is 2. The van der Waals surface area contributed by atoms with E-state index in [1.807, 2.05) is 0 Å². The van der Waals surface area contributed by atoms with E-state index >= 15 is 0 Å². The highest BCUT2D eigenvalue weighted by Gasteiger charge is 2.69. The Hall–Kier alpha value is -2.38. The maximum atomic E-state index is 14.4. The average molecular weight is 781 g/mol. The van der Waals surface area contributed by atoms with Gasteiger partial charge in [-0.15, -0.1) is 0 Å². The second-order valence-corrected chi connectivity index (χ2v) is 21.3. The van der Waals surface area contributed by atoms with E-state index in [9.17, 15) is 19.2 Å². The molecule has 318 valence electrons. The quantitative estimate of drug-likeness (QED) is 0.0723. The van der Waals surface area contributed by atoms with E-state index in [2.05, 4.69) is 72.1 Å². The Morgan fingerprint density at radius 3 is 2.09 bits per heavy atom. The first-order valence-corrected chi connectivity index (χ1v) is 23.0. The third kappa shape index (κ3) is 8.94. The van der Waals surface area contributed by atoms with Crippen LogP contribution in [0.2, 0.25) is 0 Å². The molecule has 0 bridgehead atoms. The number of carbonyl (C=O) groups excluding carboxylic acids is 3. The Morgan fingerprint density at radius 1 is 0.750 bits per heavy atom. The number of aliphatic carboxylic acids is 1. The molecule has 4 fully saturated rings. The molecule has 0 saturated heterocycles. The van der Waals surface area contributed by atoms with Gasteiger partial charge in [-0.3, -0.25) is 19.2 Å². The summed E-state index contributed by atoms with van der Waals surface area (Å²) in [4.78, 5) is 50.5. The van der Waals surface area contributed by atoms with Crippen LogP contribution in [0.4, 0.5) is 0 Å². The molecule has 0 aliphatic heterocycles. The van der Waals surface area contributed by atoms with Crippen molar-refractivity contribution < 1.29 is 29.0 Å². The van der Waals surface area contributed by atoms with Crippen molar-refractivity contribution in [2.24, 2.45) is 50.2 Å². The van der Waals surface area contributed by atoms with E-state index in [0.717, 1.165) is 77.0 Å². The first-order valence-electron chi connectivity index (χ1n) is 23.0. The van der Waals surface area contributed by atoms with E-state index in [4.69, 9.17) is 9.84 Å². The van der Waals surface area contributed by atoms with Crippen LogP contribution in [0.15, 0.2) is 11.6 Å². The summed E-state index contributed by atoms with van der Waals surface area (Å²) in [6.45, 7) is 19.6. The highest BCUT2D eigenvalue weighted by Crippen LogP contribution is 2.76. The lowest BCUT2D eigenvalue weighted by molar-refractivity contribution is -0.213. The van der Waals surface area contributed by atoms with Crippen LogP contribution in [-0.4, -0.2) is 48.1 Å². The Morgan fingerprint density at radius 2 is 1.41 bits per heavy atom. The molecule has 0 aromatic heterocycles. The molecule has 5 rings (SSSR count). The lowest BCUT2D eigenvalue weighted by Gasteiger charge is -2.71. The summed E-state index contributed by atoms with van der Waals surface area (Å²) in [5, 5.41) is 14.5. The average Bonchev–Trinajstić information content (AvgIpc) is 3.13. The van der Waals surface area contributed by atoms with Crippen molar-refractivity contribution in [1.82, 2.24) is 10.6 Å². The SMILES string of the molecule is CCCCCCCCCCCC(=O)O[C@H]1CC[C@@]2(C)C(CC[C@]3(C)C2CC=C2C4CC(C)(C)CC[C@]4(C(=O)NCCCC(=O)NCC(=O)O)CC[C@]23C)C1(C)C. The van der Waals surface area contributed by atoms with Gasteiger partial charge in [0.05, 0.1) is 5.41 Å². The number of hydrogen-bond acceptors (Lipinski definition) is 5. The molecule has 5 aliphatic carbocycles. The van der Waals surface area contributed by atoms with Crippen LogP contribution in [0, 0.1) is 50.2 Å². The number of hydrogen-bond donors (Lipinski definition) is 3. The topological polar surface area (TPSA) is 122 Å². The van der Waals surface area contributed by atoms with Crippen LogP contribution in [-0.2, 0) is 23.9 Å². The van der Waals surface area contributed by atoms with Gasteiger partial charge in [0, 0.05) is 24.8 Å². The molecule has 0 aromatic carbocycles. The number of esters is 1. The van der Waals surface area contributed by atoms with Gasteiger partial charge >= 0.3 is 11.9 Å². The maximum Gasteiger partial charge on any atom is 0.322 e. The second kappa shape index (κ2) is 17.9. The van der Waals surface area contributed by atoms with Crippen molar-refractivity contribution in [1.29, 1.82) is 0 Å². The molecule has 8 nitrogen and oxygen atoms in total. The van der Waals surface area contributed by atoms with E-state index in [1.54, 1.807) is 5.57 Å². The normalized spacial score (nSPS) is 35.4. The summed E-state index contributed by atoms with van der Waals surface area (Å²) in [7, 11) is 0. The summed E-state index contributed by atoms with van der Waals surface area (Å²) in [5.41, 5.74) is 1.45. The van der Waals surface area contributed by atoms with Gasteiger partial charge < -0.3 is 20.5 Å². The molecular formula is C48H80N2O6. The van der Waals surface area contributed by atoms with Gasteiger partial charge in [0.1, 0.15) is 12.6 Å². The van der Waals surface area contributed by atoms with Crippen LogP contribution < -0.4 is 10.6 Å². The minimum Gasteiger partial charge on any atom is -0.480 e. The number of carboxylic acid groups (broad SMARTS) is 1. The van der Waals surface area contributed by atoms with Crippen LogP contribution in [0.5, 0.6) is 0 Å². The van der Waals surface area contributed by atoms with Crippen molar-refractivity contribution in [3.63, 3.8) is 0 Å². The van der Waals surface area contributed by atoms with Gasteiger partial charge in [0.25, 0.3) is 0 Å². The second-order valence-electron chi connectivity index (χ2n) is 21.3. The monoisotopic (exact) mass is 781 g/mol. The Bertz CT molecular complexity index is 1450. The first kappa shape index (κ1) is 44.7. The highest BCUT2D eigenvalue weighted by molar-refractivity contribution is 5.84. The van der Waals surface area contributed by atoms with Crippen molar-refractivity contribution in [3.8, 4) is 0 Å². The molecule has 0 aromatic rings. The summed E-state index contributed by atoms with van der Waals surface area (Å²) in [5.74, 6) is -0.00322. The molecule has 5 aliphatic rings. The number of carboxylic acids is 1. The smallest absolute Gasteiger partial charge is 0.322 e. The zero-order valence-electron chi connectivity index (χ0n) is 36.8. The summed E-state index contributed by atoms with van der Waals surface area (Å²) < 4.78 is 6.39. The molecule has 56 heavy (non-hydrogen) atoms. The predicted octanol–water partition coefficient (Wildman–Crippen LogP) is 10.7. The minimum absolute atomic E-state index is 0.000562. The Kier molecular flexibility index (Phi) is 14.3. The van der Waals surface area contributed by atoms with Crippen molar-refractivity contribution in [2.75, 3.05) is 13.1 Å². The van der Waals surface area contributed by atoms with Crippen molar-refractivity contribution >= 4 is 23.8 Å². The fraction of sp³-hybridized carbons (Fsp3) is 0.875. The van der Waals surface area contributed by atoms with Gasteiger partial charge in [0.15, 0.2) is 0 Å². The van der Waals surface area contributed by atoms with Crippen LogP contribution >= 0.6 is 0 Å². The molecular weight excluding hydrogens is 701 g/mol. The minimum atomic E-state index is -1.06. The number of rotatable bonds is 18. The molecule has 2 amide bonds. The standard InChI is InChI=1S/C48H80N2O6/c1-9-10-11-12-13-14-15-16-17-20-41(54)56-38-24-25-45(6)36(44(38,4)5)23-26-47(8)37(45)22-21-34-35-32-43(2,3)27-29-48(35,30-28-46(34,47)7)42(55)49-31-18-19-39(51)50-33-40(52)53/h21,35-38H,9-20,22-33H2,1-8H3,(H,49,55)(H,50,51)(H,52,53)/t35?,36?,37?,38-,45-,46+,47+,48-/m0/s1. The highest BCUT2D eigenvalue weighted by atomic mass is 16.5. The van der Waals surface area contributed by atoms with E-state index in [1.165, 1.54) is 44.9 Å². The van der Waals surface area contributed by atoms with Crippen LogP contribution in [0.1, 0.15) is 197 Å². The molecule has 8 heteroatoms. The number of unbranched alkanes of at least 4 members (excludes halogenated alkanes) is 8. The largest absolute Gasteiger partial charge is 0.480 e. The zero-order valence-corrected chi connectivity index (χ0v) is 36.8. The zero-order chi connectivity index (χ0) is 41.0. The van der Waals surface area contributed by atoms with E-state index < -0.39 is 11.4 Å². The van der Waals surface area contributed by atoms with E-state index in [0.29, 0.717) is 31.2 Å². The fourth-order valence-electron chi connectivity index (χ4n) is 13.5. The Labute approximate surface area is 340 Å². The van der Waals surface area contributed by atoms with E-state index in [-0.39, 0.29) is 69.8 Å². The molecule has 4 saturated carbocycles. The molecule has 3 unspecified atom stereocenters. The Balaban J connectivity index is 1.25. The van der Waals surface area contributed by atoms with Gasteiger partial charge in [-0.1, -0.05) is 118 Å². The van der Waals surface area contributed by atoms with Crippen LogP contribution in [0.25, 0.3) is 0 Å². The maximum absolute atomic E-state index is 14.4. The number of allylic oxidation sites excluding steroid dienone is 2. The van der Waals surface area contributed by atoms with Gasteiger partial charge in [-0.05, 0) is 116 Å². The van der Waals surface area contributed by atoms with Gasteiger partial charge in [-0.25, -0.2) is 0 Å². The predicted molar refractivity (Wildman–Crippen MR) is 224 cm³/mol. The summed E-state index contributed by atoms with van der Waals surface area (Å²) in [6, 6.07) is 0. The molecule has 0 spiro atoms. The lowest BCUT2D eigenvalue weighted by atomic mass is 9.33. The molecule has 0 heterocycles. The molecule has 3 N–H and O–H groups in total. The molecule has 8 atom stereocenters. The number of carbonyl (C=O) groups is 4. The summed E-state index contributed by atoms with van der Waals surface area (Å²) in [6.07, 6.45) is 25.2. The van der Waals surface area contributed by atoms with Crippen LogP contribution in [0.3, 0.4) is 0 Å². The first-order chi connectivity index (χ1) is 26.4. The fourth-order valence-corrected chi connectivity index (χ4v) is 13.5. The number of fused-ring (bicyclic) bond motifs is 7. The number of ether oxygens (including phenoxy) is 1. The number of nitrogens with one attached hydrogen (secondary N) is 2. The third-order valence-electron chi connectivity index (χ3n) is 17.1. The third-order valence-corrected chi connectivity index (χ3v) is 17.1. The van der Waals surface area contributed by atoms with Gasteiger partial charge in [0.2, 0.25) is 11.8 Å². The van der Waals surface area contributed by atoms with Gasteiger partial charge in [-0.2, -0.15) is 0 Å². The van der Waals surface area contributed by atoms with Crippen molar-refractivity contribution in [2.45, 2.75) is 203 Å². The molecule has 0 radical (unpaired) electrons. The lowest BCUT2D eigenvalue weighted by Crippen LogP contribution is -2.65.